The van der Waals surface area contributed by atoms with Gasteiger partial charge in [-0.1, -0.05) is 126 Å². The van der Waals surface area contributed by atoms with Gasteiger partial charge in [0, 0.05) is 31.1 Å². The van der Waals surface area contributed by atoms with Crippen molar-refractivity contribution in [2.24, 2.45) is 17.6 Å². The van der Waals surface area contributed by atoms with Gasteiger partial charge >= 0.3 is 25.7 Å². The zero-order chi connectivity index (χ0) is 45.1. The minimum absolute atomic E-state index is 0.0203. The summed E-state index contributed by atoms with van der Waals surface area (Å²) >= 11 is 0. The fourth-order valence-corrected chi connectivity index (χ4v) is 7.38. The number of carbonyl (C=O) groups excluding carboxylic acids is 3. The van der Waals surface area contributed by atoms with Crippen molar-refractivity contribution >= 4 is 31.5 Å². The Morgan fingerprint density at radius 1 is 0.787 bits per heavy atom. The van der Waals surface area contributed by atoms with Gasteiger partial charge in [0.15, 0.2) is 6.10 Å². The van der Waals surface area contributed by atoms with E-state index in [2.05, 4.69) is 67.0 Å². The number of Topliss-reactive ketones (excluding diaryl/α,β-unsaturated/α-hetero) is 1. The van der Waals surface area contributed by atoms with Gasteiger partial charge in [-0.3, -0.25) is 28.2 Å². The number of hydrogen-bond donors (Lipinski definition) is 5. The molecule has 0 aliphatic heterocycles. The van der Waals surface area contributed by atoms with Crippen molar-refractivity contribution in [1.29, 1.82) is 0 Å². The molecule has 14 nitrogen and oxygen atoms in total. The molecule has 1 unspecified atom stereocenters. The van der Waals surface area contributed by atoms with Gasteiger partial charge in [0.2, 0.25) is 0 Å². The van der Waals surface area contributed by atoms with E-state index in [1.54, 1.807) is 12.2 Å². The number of carboxylic acid groups (broad SMARTS) is 1. The van der Waals surface area contributed by atoms with Gasteiger partial charge in [0.1, 0.15) is 18.4 Å². The van der Waals surface area contributed by atoms with E-state index in [-0.39, 0.29) is 36.9 Å². The zero-order valence-corrected chi connectivity index (χ0v) is 37.6. The average Bonchev–Trinajstić information content (AvgIpc) is 3.49. The van der Waals surface area contributed by atoms with Crippen molar-refractivity contribution < 1.29 is 62.5 Å². The van der Waals surface area contributed by atoms with Crippen LogP contribution in [0.5, 0.6) is 0 Å². The number of carboxylic acids is 1. The SMILES string of the molecule is CC/C=C\C/C=C\C/C=C\C/C=C\CCCCCCC(=O)O[C@H](COC(=O)CCCCCC[C@H]1C(=O)C[C@@H](O)[C@@H]1/C=C/[C@@H](O)CCCCC)COP(=O)(O)OC[C@H](N)C(=O)O. The molecule has 0 bridgehead atoms. The van der Waals surface area contributed by atoms with E-state index in [0.29, 0.717) is 32.1 Å². The Kier molecular flexibility index (Phi) is 32.2. The van der Waals surface area contributed by atoms with Crippen molar-refractivity contribution in [1.82, 2.24) is 0 Å². The lowest BCUT2D eigenvalue weighted by Crippen LogP contribution is -2.34. The van der Waals surface area contributed by atoms with Gasteiger partial charge in [-0.2, -0.15) is 0 Å². The topological polar surface area (TPSA) is 229 Å². The van der Waals surface area contributed by atoms with Crippen LogP contribution in [0.2, 0.25) is 0 Å². The van der Waals surface area contributed by atoms with Gasteiger partial charge in [-0.05, 0) is 64.2 Å². The number of rotatable bonds is 37. The molecular weight excluding hydrogens is 805 g/mol. The van der Waals surface area contributed by atoms with Crippen LogP contribution in [0, 0.1) is 11.8 Å². The molecule has 0 amide bonds. The molecule has 0 aromatic rings. The summed E-state index contributed by atoms with van der Waals surface area (Å²) < 4.78 is 32.7. The van der Waals surface area contributed by atoms with Crippen molar-refractivity contribution in [3.63, 3.8) is 0 Å². The van der Waals surface area contributed by atoms with Gasteiger partial charge in [0.05, 0.1) is 25.4 Å². The Morgan fingerprint density at radius 2 is 1.38 bits per heavy atom. The first-order valence-electron chi connectivity index (χ1n) is 22.4. The average molecular weight is 882 g/mol. The second kappa shape index (κ2) is 35.3. The zero-order valence-electron chi connectivity index (χ0n) is 36.7. The monoisotopic (exact) mass is 882 g/mol. The number of phosphoric ester groups is 1. The third-order valence-electron chi connectivity index (χ3n) is 10.1. The molecule has 7 atom stereocenters. The van der Waals surface area contributed by atoms with Crippen LogP contribution >= 0.6 is 7.82 Å². The van der Waals surface area contributed by atoms with Crippen LogP contribution < -0.4 is 5.73 Å². The van der Waals surface area contributed by atoms with Gasteiger partial charge < -0.3 is 35.4 Å². The Hall–Kier alpha value is -3.23. The first-order valence-corrected chi connectivity index (χ1v) is 23.9. The number of ketones is 1. The Balaban J connectivity index is 2.48. The maximum absolute atomic E-state index is 12.7. The van der Waals surface area contributed by atoms with E-state index in [9.17, 15) is 38.8 Å². The summed E-state index contributed by atoms with van der Waals surface area (Å²) in [5, 5.41) is 29.6. The van der Waals surface area contributed by atoms with E-state index in [0.717, 1.165) is 83.5 Å². The third-order valence-corrected chi connectivity index (χ3v) is 11.1. The fourth-order valence-electron chi connectivity index (χ4n) is 6.60. The molecule has 0 spiro atoms. The normalized spacial score (nSPS) is 19.7. The van der Waals surface area contributed by atoms with E-state index < -0.39 is 69.9 Å². The molecule has 348 valence electrons. The summed E-state index contributed by atoms with van der Waals surface area (Å²) in [5.74, 6) is -3.22. The quantitative estimate of drug-likeness (QED) is 0.0171. The van der Waals surface area contributed by atoms with Crippen LogP contribution in [-0.4, -0.2) is 88.1 Å². The highest BCUT2D eigenvalue weighted by Gasteiger charge is 2.39. The number of allylic oxidation sites excluding steroid dienone is 8. The molecule has 1 fully saturated rings. The first-order chi connectivity index (χ1) is 29.3. The Bertz CT molecular complexity index is 1430. The number of aliphatic hydroxyl groups is 2. The van der Waals surface area contributed by atoms with Crippen LogP contribution in [0.4, 0.5) is 0 Å². The number of unbranched alkanes of at least 4 members (excludes halogenated alkanes) is 9. The van der Waals surface area contributed by atoms with Gasteiger partial charge in [0.25, 0.3) is 0 Å². The molecule has 15 heteroatoms. The summed E-state index contributed by atoms with van der Waals surface area (Å²) in [6, 6.07) is -1.57. The standard InChI is InChI=1S/C46H76NO13P/c1-3-5-7-8-9-10-11-12-13-14-15-16-17-18-19-20-26-30-45(52)60-38(35-58-61(55,56)59-36-41(47)46(53)54)34-57-44(51)29-25-22-21-24-28-39-40(43(50)33-42(39)49)32-31-37(48)27-23-6-4-2/h5,7,9-10,12-13,15-16,31-32,37-41,43,48,50H,3-4,6,8,11,14,17-30,33-36,47H2,1-2H3,(H,53,54)(H,55,56)/b7-5-,10-9-,13-12-,16-15-,32-31+/t37-,38+,39+,40+,41-,43+/m0/s1. The number of aliphatic carboxylic acids is 1. The highest BCUT2D eigenvalue weighted by atomic mass is 31.2. The van der Waals surface area contributed by atoms with E-state index in [1.165, 1.54) is 0 Å². The minimum Gasteiger partial charge on any atom is -0.480 e. The molecule has 0 saturated heterocycles. The molecule has 0 aromatic heterocycles. The number of ether oxygens (including phenoxy) is 2. The molecule has 1 aliphatic rings. The molecule has 61 heavy (non-hydrogen) atoms. The van der Waals surface area contributed by atoms with Crippen molar-refractivity contribution in [3.8, 4) is 0 Å². The predicted molar refractivity (Wildman–Crippen MR) is 236 cm³/mol. The van der Waals surface area contributed by atoms with Crippen LogP contribution in [0.25, 0.3) is 0 Å². The number of esters is 2. The maximum Gasteiger partial charge on any atom is 0.472 e. The summed E-state index contributed by atoms with van der Waals surface area (Å²) in [6.45, 7) is 2.31. The lowest BCUT2D eigenvalue weighted by molar-refractivity contribution is -0.161. The summed E-state index contributed by atoms with van der Waals surface area (Å²) in [5.41, 5.74) is 5.33. The summed E-state index contributed by atoms with van der Waals surface area (Å²) in [7, 11) is -4.79. The molecule has 0 aromatic carbocycles. The molecule has 1 saturated carbocycles. The maximum atomic E-state index is 12.7. The number of hydrogen-bond acceptors (Lipinski definition) is 12. The molecule has 0 radical (unpaired) electrons. The van der Waals surface area contributed by atoms with E-state index in [1.807, 2.05) is 0 Å². The van der Waals surface area contributed by atoms with Crippen LogP contribution in [0.15, 0.2) is 60.8 Å². The smallest absolute Gasteiger partial charge is 0.472 e. The molecular formula is C46H76NO13P. The number of aliphatic hydroxyl groups excluding tert-OH is 2. The second-order valence-electron chi connectivity index (χ2n) is 15.6. The fraction of sp³-hybridized carbons (Fsp3) is 0.696. The lowest BCUT2D eigenvalue weighted by Gasteiger charge is -2.20. The van der Waals surface area contributed by atoms with Crippen molar-refractivity contribution in [2.45, 2.75) is 173 Å². The molecule has 1 rings (SSSR count). The highest BCUT2D eigenvalue weighted by molar-refractivity contribution is 7.47. The molecule has 6 N–H and O–H groups in total. The van der Waals surface area contributed by atoms with Crippen LogP contribution in [-0.2, 0) is 42.3 Å². The second-order valence-corrected chi connectivity index (χ2v) is 17.0. The minimum atomic E-state index is -4.79. The van der Waals surface area contributed by atoms with Crippen molar-refractivity contribution in [3.05, 3.63) is 60.8 Å². The number of phosphoric acid groups is 1. The van der Waals surface area contributed by atoms with Gasteiger partial charge in [-0.25, -0.2) is 4.57 Å². The lowest BCUT2D eigenvalue weighted by atomic mass is 9.88. The first kappa shape index (κ1) is 55.8. The van der Waals surface area contributed by atoms with Crippen molar-refractivity contribution in [2.75, 3.05) is 19.8 Å². The summed E-state index contributed by atoms with van der Waals surface area (Å²) in [4.78, 5) is 58.8. The Morgan fingerprint density at radius 3 is 2.02 bits per heavy atom. The number of nitrogens with two attached hydrogens (primary N) is 1. The number of carbonyl (C=O) groups is 4. The van der Waals surface area contributed by atoms with Crippen LogP contribution in [0.3, 0.4) is 0 Å². The van der Waals surface area contributed by atoms with E-state index in [4.69, 9.17) is 24.8 Å². The van der Waals surface area contributed by atoms with Gasteiger partial charge in [-0.15, -0.1) is 0 Å². The molecule has 0 heterocycles. The third kappa shape index (κ3) is 29.7. The molecule has 1 aliphatic carbocycles. The highest BCUT2D eigenvalue weighted by Crippen LogP contribution is 2.43. The van der Waals surface area contributed by atoms with Crippen LogP contribution in [0.1, 0.15) is 149 Å². The summed E-state index contributed by atoms with van der Waals surface area (Å²) in [6.07, 6.45) is 33.3. The largest absolute Gasteiger partial charge is 0.480 e. The van der Waals surface area contributed by atoms with E-state index >= 15 is 0 Å². The Labute approximate surface area is 364 Å². The predicted octanol–water partition coefficient (Wildman–Crippen LogP) is 8.54.